The number of fused-ring (bicyclic) bond motifs is 1. The molecule has 2 aromatic carbocycles. The van der Waals surface area contributed by atoms with Gasteiger partial charge in [0.2, 0.25) is 11.8 Å². The third-order valence-corrected chi connectivity index (χ3v) is 7.15. The molecule has 2 aliphatic rings. The first-order chi connectivity index (χ1) is 20.0. The summed E-state index contributed by atoms with van der Waals surface area (Å²) in [6.45, 7) is 0.848. The summed E-state index contributed by atoms with van der Waals surface area (Å²) in [6, 6.07) is 18.9. The summed E-state index contributed by atoms with van der Waals surface area (Å²) in [4.78, 5) is 48.1. The van der Waals surface area contributed by atoms with Gasteiger partial charge in [-0.25, -0.2) is 0 Å². The lowest BCUT2D eigenvalue weighted by Crippen LogP contribution is -2.49. The molecule has 2 aliphatic heterocycles. The molecule has 3 N–H and O–H groups in total. The number of nitrogens with one attached hydrogen (secondary N) is 3. The number of nitrogens with zero attached hydrogens (tertiary/aromatic N) is 2. The summed E-state index contributed by atoms with van der Waals surface area (Å²) in [7, 11) is 0. The second-order valence-electron chi connectivity index (χ2n) is 9.95. The highest BCUT2D eigenvalue weighted by Crippen LogP contribution is 2.35. The number of pyridine rings is 1. The minimum absolute atomic E-state index is 0.101. The molecule has 4 aromatic rings. The SMILES string of the molecule is O=C(NCC(=O)N1CC2(CC1C(=O)NCc1cc3cnccc3[nH]1)OCCO2)c1ccc(Oc2ccccc2)cc1. The number of carbonyl (C=O) groups excluding carboxylic acids is 3. The summed E-state index contributed by atoms with van der Waals surface area (Å²) < 4.78 is 17.4. The predicted octanol–water partition coefficient (Wildman–Crippen LogP) is 2.75. The zero-order valence-electron chi connectivity index (χ0n) is 22.2. The highest BCUT2D eigenvalue weighted by Gasteiger charge is 2.52. The zero-order valence-corrected chi connectivity index (χ0v) is 22.2. The summed E-state index contributed by atoms with van der Waals surface area (Å²) in [5.41, 5.74) is 2.11. The van der Waals surface area contributed by atoms with Gasteiger partial charge in [0, 0.05) is 41.0 Å². The van der Waals surface area contributed by atoms with Crippen molar-refractivity contribution in [1.29, 1.82) is 0 Å². The Morgan fingerprint density at radius 3 is 2.51 bits per heavy atom. The monoisotopic (exact) mass is 555 g/mol. The number of amides is 3. The summed E-state index contributed by atoms with van der Waals surface area (Å²) in [5.74, 6) is -0.905. The Kier molecular flexibility index (Phi) is 7.36. The number of para-hydroxylation sites is 1. The first-order valence-electron chi connectivity index (χ1n) is 13.4. The molecule has 0 saturated carbocycles. The number of rotatable bonds is 8. The molecule has 1 spiro atoms. The van der Waals surface area contributed by atoms with Gasteiger partial charge >= 0.3 is 0 Å². The van der Waals surface area contributed by atoms with Crippen LogP contribution in [0.1, 0.15) is 22.5 Å². The van der Waals surface area contributed by atoms with E-state index < -0.39 is 23.6 Å². The molecule has 41 heavy (non-hydrogen) atoms. The van der Waals surface area contributed by atoms with Crippen molar-refractivity contribution in [3.8, 4) is 11.5 Å². The molecule has 11 heteroatoms. The van der Waals surface area contributed by atoms with Gasteiger partial charge < -0.3 is 34.7 Å². The maximum Gasteiger partial charge on any atom is 0.251 e. The number of H-pyrrole nitrogens is 1. The number of hydrogen-bond acceptors (Lipinski definition) is 7. The Morgan fingerprint density at radius 2 is 1.76 bits per heavy atom. The van der Waals surface area contributed by atoms with Gasteiger partial charge in [-0.3, -0.25) is 19.4 Å². The van der Waals surface area contributed by atoms with Crippen molar-refractivity contribution in [2.45, 2.75) is 24.8 Å². The van der Waals surface area contributed by atoms with Gasteiger partial charge in [-0.2, -0.15) is 0 Å². The molecule has 3 amide bonds. The number of aromatic amines is 1. The van der Waals surface area contributed by atoms with Gasteiger partial charge in [0.15, 0.2) is 5.79 Å². The van der Waals surface area contributed by atoms with Crippen molar-refractivity contribution >= 4 is 28.6 Å². The lowest BCUT2D eigenvalue weighted by Gasteiger charge is -2.24. The Morgan fingerprint density at radius 1 is 1.00 bits per heavy atom. The van der Waals surface area contributed by atoms with Crippen LogP contribution in [0.3, 0.4) is 0 Å². The Balaban J connectivity index is 1.07. The molecular weight excluding hydrogens is 526 g/mol. The average molecular weight is 556 g/mol. The van der Waals surface area contributed by atoms with Crippen LogP contribution in [-0.4, -0.2) is 70.7 Å². The molecule has 1 unspecified atom stereocenters. The fraction of sp³-hybridized carbons (Fsp3) is 0.267. The van der Waals surface area contributed by atoms with Crippen LogP contribution >= 0.6 is 0 Å². The number of likely N-dealkylation sites (tertiary alicyclic amines) is 1. The molecule has 0 aliphatic carbocycles. The van der Waals surface area contributed by atoms with Gasteiger partial charge in [0.05, 0.1) is 32.8 Å². The van der Waals surface area contributed by atoms with E-state index in [0.717, 1.165) is 16.6 Å². The van der Waals surface area contributed by atoms with Crippen molar-refractivity contribution in [1.82, 2.24) is 25.5 Å². The van der Waals surface area contributed by atoms with Crippen molar-refractivity contribution in [3.63, 3.8) is 0 Å². The van der Waals surface area contributed by atoms with Gasteiger partial charge in [-0.05, 0) is 48.5 Å². The van der Waals surface area contributed by atoms with E-state index in [4.69, 9.17) is 14.2 Å². The largest absolute Gasteiger partial charge is 0.457 e. The highest BCUT2D eigenvalue weighted by atomic mass is 16.7. The van der Waals surface area contributed by atoms with E-state index in [-0.39, 0.29) is 32.0 Å². The molecule has 2 saturated heterocycles. The minimum Gasteiger partial charge on any atom is -0.457 e. The summed E-state index contributed by atoms with van der Waals surface area (Å²) >= 11 is 0. The molecule has 11 nitrogen and oxygen atoms in total. The maximum absolute atomic E-state index is 13.3. The van der Waals surface area contributed by atoms with Gasteiger partial charge in [0.25, 0.3) is 5.91 Å². The number of benzene rings is 2. The number of hydrogen-bond donors (Lipinski definition) is 3. The Hall–Kier alpha value is -4.74. The Bertz CT molecular complexity index is 1520. The second kappa shape index (κ2) is 11.4. The average Bonchev–Trinajstić information content (AvgIpc) is 3.74. The first-order valence-corrected chi connectivity index (χ1v) is 13.4. The van der Waals surface area contributed by atoms with Crippen LogP contribution < -0.4 is 15.4 Å². The normalized spacial score (nSPS) is 17.6. The third-order valence-electron chi connectivity index (χ3n) is 7.15. The maximum atomic E-state index is 13.3. The van der Waals surface area contributed by atoms with Crippen LogP contribution in [0.4, 0.5) is 0 Å². The lowest BCUT2D eigenvalue weighted by atomic mass is 10.1. The third kappa shape index (κ3) is 5.91. The fourth-order valence-electron chi connectivity index (χ4n) is 5.13. The summed E-state index contributed by atoms with van der Waals surface area (Å²) in [6.07, 6.45) is 3.64. The van der Waals surface area contributed by atoms with E-state index in [1.807, 2.05) is 42.5 Å². The van der Waals surface area contributed by atoms with E-state index in [9.17, 15) is 14.4 Å². The van der Waals surface area contributed by atoms with Crippen LogP contribution in [0, 0.1) is 0 Å². The van der Waals surface area contributed by atoms with Crippen molar-refractivity contribution < 1.29 is 28.6 Å². The quantitative estimate of drug-likeness (QED) is 0.304. The number of carbonyl (C=O) groups is 3. The van der Waals surface area contributed by atoms with E-state index >= 15 is 0 Å². The molecule has 1 atom stereocenters. The zero-order chi connectivity index (χ0) is 28.2. The molecule has 6 rings (SSSR count). The van der Waals surface area contributed by atoms with Crippen molar-refractivity contribution in [3.05, 3.63) is 90.4 Å². The van der Waals surface area contributed by atoms with Gasteiger partial charge in [-0.15, -0.1) is 0 Å². The van der Waals surface area contributed by atoms with Gasteiger partial charge in [0.1, 0.15) is 17.5 Å². The number of aromatic nitrogens is 2. The minimum atomic E-state index is -1.02. The topological polar surface area (TPSA) is 135 Å². The first kappa shape index (κ1) is 26.5. The molecule has 4 heterocycles. The van der Waals surface area contributed by atoms with Crippen LogP contribution in [0.15, 0.2) is 79.1 Å². The number of ether oxygens (including phenoxy) is 3. The smallest absolute Gasteiger partial charge is 0.251 e. The van der Waals surface area contributed by atoms with Crippen LogP contribution in [0.5, 0.6) is 11.5 Å². The summed E-state index contributed by atoms with van der Waals surface area (Å²) in [5, 5.41) is 6.51. The van der Waals surface area contributed by atoms with Crippen LogP contribution in [0.25, 0.3) is 10.9 Å². The molecule has 2 fully saturated rings. The van der Waals surface area contributed by atoms with E-state index in [0.29, 0.717) is 30.3 Å². The van der Waals surface area contributed by atoms with Gasteiger partial charge in [-0.1, -0.05) is 18.2 Å². The highest BCUT2D eigenvalue weighted by molar-refractivity contribution is 5.97. The van der Waals surface area contributed by atoms with Crippen LogP contribution in [0.2, 0.25) is 0 Å². The van der Waals surface area contributed by atoms with Crippen molar-refractivity contribution in [2.24, 2.45) is 0 Å². The predicted molar refractivity (Wildman–Crippen MR) is 148 cm³/mol. The van der Waals surface area contributed by atoms with E-state index in [1.54, 1.807) is 36.7 Å². The van der Waals surface area contributed by atoms with E-state index in [2.05, 4.69) is 20.6 Å². The molecule has 0 bridgehead atoms. The standard InChI is InChI=1S/C30H29N5O6/c36-27(18-33-28(37)20-6-8-24(9-7-20)41-23-4-2-1-3-5-23)35-19-30(39-12-13-40-30)15-26(35)29(38)32-17-22-14-21-16-31-11-10-25(21)34-22/h1-11,14,16,26,34H,12-13,15,17-19H2,(H,32,38)(H,33,37). The fourth-order valence-corrected chi connectivity index (χ4v) is 5.13. The van der Waals surface area contributed by atoms with E-state index in [1.165, 1.54) is 4.90 Å². The second-order valence-corrected chi connectivity index (χ2v) is 9.95. The lowest BCUT2D eigenvalue weighted by molar-refractivity contribution is -0.152. The molecule has 2 aromatic heterocycles. The molecule has 210 valence electrons. The molecule has 0 radical (unpaired) electrons. The molecular formula is C30H29N5O6. The van der Waals surface area contributed by atoms with Crippen LogP contribution in [-0.2, 0) is 25.6 Å². The van der Waals surface area contributed by atoms with Crippen molar-refractivity contribution in [2.75, 3.05) is 26.3 Å². The Labute approximate surface area is 235 Å².